The van der Waals surface area contributed by atoms with Crippen LogP contribution in [0.5, 0.6) is 5.75 Å². The molecule has 2 nitrogen and oxygen atoms in total. The molecule has 2 fully saturated rings. The predicted octanol–water partition coefficient (Wildman–Crippen LogP) is 3.77. The number of piperidine rings is 2. The second-order valence-corrected chi connectivity index (χ2v) is 5.61. The zero-order valence-electron chi connectivity index (χ0n) is 11.3. The Morgan fingerprint density at radius 1 is 1.11 bits per heavy atom. The molecule has 2 heterocycles. The summed E-state index contributed by atoms with van der Waals surface area (Å²) in [4.78, 5) is 2.75. The van der Waals surface area contributed by atoms with Crippen LogP contribution in [-0.4, -0.2) is 24.6 Å². The molecule has 0 aromatic heterocycles. The third kappa shape index (κ3) is 2.26. The highest BCUT2D eigenvalue weighted by Gasteiger charge is 2.32. The van der Waals surface area contributed by atoms with Gasteiger partial charge in [-0.05, 0) is 56.3 Å². The van der Waals surface area contributed by atoms with Crippen molar-refractivity contribution in [3.8, 4) is 5.75 Å². The lowest BCUT2D eigenvalue weighted by molar-refractivity contribution is 0.0517. The first kappa shape index (κ1) is 12.0. The highest BCUT2D eigenvalue weighted by atomic mass is 16.5. The lowest BCUT2D eigenvalue weighted by Crippen LogP contribution is -2.44. The summed E-state index contributed by atoms with van der Waals surface area (Å²) in [5.41, 5.74) is 1.45. The highest BCUT2D eigenvalue weighted by Crippen LogP contribution is 2.39. The Morgan fingerprint density at radius 2 is 2.00 bits per heavy atom. The predicted molar refractivity (Wildman–Crippen MR) is 73.9 cm³/mol. The molecule has 0 radical (unpaired) electrons. The van der Waals surface area contributed by atoms with Crippen molar-refractivity contribution in [3.05, 3.63) is 29.8 Å². The zero-order chi connectivity index (χ0) is 12.4. The molecule has 0 amide bonds. The van der Waals surface area contributed by atoms with E-state index < -0.39 is 0 Å². The summed E-state index contributed by atoms with van der Waals surface area (Å²) in [6.45, 7) is 1.28. The van der Waals surface area contributed by atoms with Crippen molar-refractivity contribution in [1.82, 2.24) is 4.90 Å². The molecule has 2 saturated heterocycles. The Bertz CT molecular complexity index is 402. The van der Waals surface area contributed by atoms with Crippen LogP contribution in [-0.2, 0) is 0 Å². The molecule has 0 spiro atoms. The van der Waals surface area contributed by atoms with Gasteiger partial charge in [-0.1, -0.05) is 18.6 Å². The summed E-state index contributed by atoms with van der Waals surface area (Å²) in [6, 6.07) is 10.1. The summed E-state index contributed by atoms with van der Waals surface area (Å²) >= 11 is 0. The number of nitrogens with zero attached hydrogens (tertiary/aromatic N) is 1. The van der Waals surface area contributed by atoms with Crippen molar-refractivity contribution in [2.24, 2.45) is 0 Å². The topological polar surface area (TPSA) is 12.5 Å². The molecule has 2 heteroatoms. The second kappa shape index (κ2) is 5.31. The van der Waals surface area contributed by atoms with Crippen molar-refractivity contribution in [2.45, 2.75) is 50.6 Å². The number of hydrogen-bond donors (Lipinski definition) is 0. The molecule has 98 valence electrons. The van der Waals surface area contributed by atoms with Gasteiger partial charge in [-0.3, -0.25) is 4.90 Å². The molecule has 2 aliphatic rings. The van der Waals surface area contributed by atoms with E-state index in [0.717, 1.165) is 11.8 Å². The van der Waals surface area contributed by atoms with E-state index in [2.05, 4.69) is 23.1 Å². The van der Waals surface area contributed by atoms with Crippen molar-refractivity contribution >= 4 is 0 Å². The molecule has 2 aliphatic heterocycles. The number of fused-ring (bicyclic) bond motifs is 1. The van der Waals surface area contributed by atoms with Gasteiger partial charge in [0.25, 0.3) is 0 Å². The van der Waals surface area contributed by atoms with E-state index >= 15 is 0 Å². The van der Waals surface area contributed by atoms with E-state index in [0.29, 0.717) is 6.04 Å². The van der Waals surface area contributed by atoms with Gasteiger partial charge in [-0.2, -0.15) is 0 Å². The summed E-state index contributed by atoms with van der Waals surface area (Å²) in [5, 5.41) is 0. The van der Waals surface area contributed by atoms with E-state index in [1.165, 1.54) is 50.6 Å². The minimum absolute atomic E-state index is 0.624. The first-order valence-corrected chi connectivity index (χ1v) is 7.28. The fourth-order valence-electron chi connectivity index (χ4n) is 3.66. The summed E-state index contributed by atoms with van der Waals surface area (Å²) in [5.74, 6) is 0.992. The quantitative estimate of drug-likeness (QED) is 0.786. The molecule has 1 aromatic rings. The van der Waals surface area contributed by atoms with Crippen LogP contribution >= 0.6 is 0 Å². The van der Waals surface area contributed by atoms with Gasteiger partial charge >= 0.3 is 0 Å². The van der Waals surface area contributed by atoms with Crippen LogP contribution in [0, 0.1) is 0 Å². The average Bonchev–Trinajstić information content (AvgIpc) is 2.47. The summed E-state index contributed by atoms with van der Waals surface area (Å²) in [7, 11) is 1.75. The minimum atomic E-state index is 0.624. The highest BCUT2D eigenvalue weighted by molar-refractivity contribution is 5.31. The van der Waals surface area contributed by atoms with Crippen LogP contribution in [0.2, 0.25) is 0 Å². The van der Waals surface area contributed by atoms with E-state index in [-0.39, 0.29) is 0 Å². The van der Waals surface area contributed by atoms with Gasteiger partial charge < -0.3 is 4.74 Å². The monoisotopic (exact) mass is 245 g/mol. The van der Waals surface area contributed by atoms with Gasteiger partial charge in [0.15, 0.2) is 0 Å². The van der Waals surface area contributed by atoms with E-state index in [4.69, 9.17) is 4.74 Å². The van der Waals surface area contributed by atoms with Gasteiger partial charge in [-0.25, -0.2) is 0 Å². The van der Waals surface area contributed by atoms with Crippen molar-refractivity contribution in [1.29, 1.82) is 0 Å². The van der Waals surface area contributed by atoms with E-state index in [1.807, 2.05) is 6.07 Å². The maximum atomic E-state index is 5.36. The van der Waals surface area contributed by atoms with Gasteiger partial charge in [0.1, 0.15) is 5.75 Å². The van der Waals surface area contributed by atoms with Crippen LogP contribution in [0.1, 0.15) is 50.1 Å². The Labute approximate surface area is 110 Å². The Hall–Kier alpha value is -1.02. The summed E-state index contributed by atoms with van der Waals surface area (Å²) < 4.78 is 5.36. The number of rotatable bonds is 2. The van der Waals surface area contributed by atoms with Crippen LogP contribution in [0.25, 0.3) is 0 Å². The second-order valence-electron chi connectivity index (χ2n) is 5.61. The summed E-state index contributed by atoms with van der Waals surface area (Å²) in [6.07, 6.45) is 8.29. The van der Waals surface area contributed by atoms with Crippen LogP contribution < -0.4 is 4.74 Å². The van der Waals surface area contributed by atoms with Crippen molar-refractivity contribution in [3.63, 3.8) is 0 Å². The SMILES string of the molecule is COc1cccc([C@@H]2CCC[C@@H]3CCCCN32)c1. The fraction of sp³-hybridized carbons (Fsp3) is 0.625. The fourth-order valence-corrected chi connectivity index (χ4v) is 3.66. The van der Waals surface area contributed by atoms with Crippen LogP contribution in [0.15, 0.2) is 24.3 Å². The molecule has 0 aliphatic carbocycles. The normalized spacial score (nSPS) is 28.7. The van der Waals surface area contributed by atoms with E-state index in [1.54, 1.807) is 7.11 Å². The smallest absolute Gasteiger partial charge is 0.119 e. The minimum Gasteiger partial charge on any atom is -0.497 e. The maximum Gasteiger partial charge on any atom is 0.119 e. The lowest BCUT2D eigenvalue weighted by Gasteiger charge is -2.45. The number of methoxy groups -OCH3 is 1. The van der Waals surface area contributed by atoms with Gasteiger partial charge in [-0.15, -0.1) is 0 Å². The Balaban J connectivity index is 1.84. The maximum absolute atomic E-state index is 5.36. The largest absolute Gasteiger partial charge is 0.497 e. The zero-order valence-corrected chi connectivity index (χ0v) is 11.3. The molecule has 0 bridgehead atoms. The first-order valence-electron chi connectivity index (χ1n) is 7.28. The molecule has 2 atom stereocenters. The Kier molecular flexibility index (Phi) is 3.55. The average molecular weight is 245 g/mol. The molecule has 0 saturated carbocycles. The molecule has 18 heavy (non-hydrogen) atoms. The first-order chi connectivity index (χ1) is 8.88. The third-order valence-electron chi connectivity index (χ3n) is 4.57. The standard InChI is InChI=1S/C16H23NO/c1-18-15-9-4-6-13(12-15)16-10-5-8-14-7-2-3-11-17(14)16/h4,6,9,12,14,16H,2-3,5,7-8,10-11H2,1H3/t14-,16-/m0/s1. The molecule has 1 aromatic carbocycles. The molecular formula is C16H23NO. The van der Waals surface area contributed by atoms with E-state index in [9.17, 15) is 0 Å². The third-order valence-corrected chi connectivity index (χ3v) is 4.57. The van der Waals surface area contributed by atoms with Gasteiger partial charge in [0, 0.05) is 12.1 Å². The van der Waals surface area contributed by atoms with Crippen molar-refractivity contribution in [2.75, 3.05) is 13.7 Å². The van der Waals surface area contributed by atoms with Crippen molar-refractivity contribution < 1.29 is 4.74 Å². The molecular weight excluding hydrogens is 222 g/mol. The van der Waals surface area contributed by atoms with Gasteiger partial charge in [0.05, 0.1) is 7.11 Å². The molecule has 3 rings (SSSR count). The molecule has 0 unspecified atom stereocenters. The lowest BCUT2D eigenvalue weighted by atomic mass is 9.86. The molecule has 0 N–H and O–H groups in total. The number of hydrogen-bond acceptors (Lipinski definition) is 2. The van der Waals surface area contributed by atoms with Gasteiger partial charge in [0.2, 0.25) is 0 Å². The van der Waals surface area contributed by atoms with Crippen LogP contribution in [0.3, 0.4) is 0 Å². The number of ether oxygens (including phenoxy) is 1. The Morgan fingerprint density at radius 3 is 2.89 bits per heavy atom. The van der Waals surface area contributed by atoms with Crippen LogP contribution in [0.4, 0.5) is 0 Å². The number of benzene rings is 1.